The van der Waals surface area contributed by atoms with Crippen molar-refractivity contribution in [1.82, 2.24) is 0 Å². The number of hydrogen-bond acceptors (Lipinski definition) is 2. The van der Waals surface area contributed by atoms with Crippen LogP contribution in [-0.4, -0.2) is 11.9 Å². The fourth-order valence-corrected chi connectivity index (χ4v) is 1.79. The number of carbonyl (C=O) groups excluding carboxylic acids is 1. The number of nitrogens with two attached hydrogens (primary N) is 1. The van der Waals surface area contributed by atoms with E-state index in [-0.39, 0.29) is 5.91 Å². The summed E-state index contributed by atoms with van der Waals surface area (Å²) in [6.45, 7) is 2.14. The molecule has 1 aromatic rings. The van der Waals surface area contributed by atoms with Crippen molar-refractivity contribution in [2.24, 2.45) is 5.73 Å². The highest BCUT2D eigenvalue weighted by atomic mass is 16.1. The molecule has 0 unspecified atom stereocenters. The van der Waals surface area contributed by atoms with Crippen LogP contribution in [0, 0.1) is 0 Å². The van der Waals surface area contributed by atoms with Crippen molar-refractivity contribution in [3.63, 3.8) is 0 Å². The number of nitrogens with one attached hydrogen (secondary N) is 1. The van der Waals surface area contributed by atoms with E-state index in [2.05, 4.69) is 12.2 Å². The van der Waals surface area contributed by atoms with Crippen LogP contribution in [0.1, 0.15) is 29.3 Å². The van der Waals surface area contributed by atoms with Crippen LogP contribution >= 0.6 is 0 Å². The molecule has 0 aromatic heterocycles. The van der Waals surface area contributed by atoms with Crippen LogP contribution in [0.25, 0.3) is 0 Å². The Hall–Kier alpha value is -1.51. The van der Waals surface area contributed by atoms with E-state index in [1.54, 1.807) is 6.07 Å². The van der Waals surface area contributed by atoms with Crippen LogP contribution in [0.15, 0.2) is 18.2 Å². The van der Waals surface area contributed by atoms with Crippen molar-refractivity contribution >= 4 is 11.6 Å². The number of anilines is 1. The summed E-state index contributed by atoms with van der Waals surface area (Å²) < 4.78 is 0. The van der Waals surface area contributed by atoms with Crippen LogP contribution in [0.2, 0.25) is 0 Å². The fraction of sp³-hybridized carbons (Fsp3) is 0.364. The van der Waals surface area contributed by atoms with E-state index in [0.717, 1.165) is 18.5 Å². The van der Waals surface area contributed by atoms with Gasteiger partial charge in [-0.25, -0.2) is 0 Å². The minimum atomic E-state index is -0.368. The van der Waals surface area contributed by atoms with Crippen molar-refractivity contribution < 1.29 is 4.79 Å². The van der Waals surface area contributed by atoms with Gasteiger partial charge in [-0.1, -0.05) is 6.07 Å². The molecule has 3 N–H and O–H groups in total. The van der Waals surface area contributed by atoms with Gasteiger partial charge in [-0.15, -0.1) is 0 Å². The third kappa shape index (κ3) is 1.58. The molecule has 1 aliphatic heterocycles. The normalized spacial score (nSPS) is 19.6. The fourth-order valence-electron chi connectivity index (χ4n) is 1.79. The lowest BCUT2D eigenvalue weighted by Crippen LogP contribution is -2.22. The summed E-state index contributed by atoms with van der Waals surface area (Å²) >= 11 is 0. The smallest absolute Gasteiger partial charge is 0.248 e. The summed E-state index contributed by atoms with van der Waals surface area (Å²) in [6, 6.07) is 6.09. The highest BCUT2D eigenvalue weighted by Crippen LogP contribution is 2.25. The molecular weight excluding hydrogens is 176 g/mol. The van der Waals surface area contributed by atoms with Crippen LogP contribution in [0.5, 0.6) is 0 Å². The molecule has 74 valence electrons. The van der Waals surface area contributed by atoms with Crippen molar-refractivity contribution in [3.05, 3.63) is 29.3 Å². The zero-order valence-corrected chi connectivity index (χ0v) is 8.21. The molecule has 3 heteroatoms. The van der Waals surface area contributed by atoms with Crippen molar-refractivity contribution in [1.29, 1.82) is 0 Å². The molecule has 0 bridgehead atoms. The van der Waals surface area contributed by atoms with E-state index in [0.29, 0.717) is 11.6 Å². The van der Waals surface area contributed by atoms with Crippen LogP contribution < -0.4 is 11.1 Å². The predicted octanol–water partition coefficient (Wildman–Crippen LogP) is 1.53. The molecule has 14 heavy (non-hydrogen) atoms. The van der Waals surface area contributed by atoms with Gasteiger partial charge in [-0.2, -0.15) is 0 Å². The van der Waals surface area contributed by atoms with Crippen molar-refractivity contribution in [3.8, 4) is 0 Å². The highest BCUT2D eigenvalue weighted by Gasteiger charge is 2.14. The van der Waals surface area contributed by atoms with E-state index in [9.17, 15) is 4.79 Å². The number of primary amides is 1. The quantitative estimate of drug-likeness (QED) is 0.705. The van der Waals surface area contributed by atoms with Gasteiger partial charge in [0, 0.05) is 17.3 Å². The second-order valence-electron chi connectivity index (χ2n) is 3.82. The van der Waals surface area contributed by atoms with Gasteiger partial charge in [0.1, 0.15) is 0 Å². The maximum Gasteiger partial charge on any atom is 0.248 e. The molecule has 2 rings (SSSR count). The second-order valence-corrected chi connectivity index (χ2v) is 3.82. The number of carbonyl (C=O) groups is 1. The Kier molecular flexibility index (Phi) is 2.15. The number of benzene rings is 1. The van der Waals surface area contributed by atoms with Gasteiger partial charge in [0.05, 0.1) is 0 Å². The number of hydrogen-bond donors (Lipinski definition) is 2. The first-order valence-corrected chi connectivity index (χ1v) is 4.86. The maximum absolute atomic E-state index is 11.0. The van der Waals surface area contributed by atoms with Gasteiger partial charge in [0.25, 0.3) is 0 Å². The molecular formula is C11H14N2O. The van der Waals surface area contributed by atoms with E-state index >= 15 is 0 Å². The second kappa shape index (κ2) is 3.33. The molecule has 0 saturated carbocycles. The SMILES string of the molecule is C[C@H]1CCc2ccc(C(N)=O)cc2N1. The molecule has 1 atom stereocenters. The van der Waals surface area contributed by atoms with Crippen molar-refractivity contribution in [2.75, 3.05) is 5.32 Å². The average Bonchev–Trinajstić information content (AvgIpc) is 2.16. The first-order valence-electron chi connectivity index (χ1n) is 4.86. The minimum Gasteiger partial charge on any atom is -0.382 e. The van der Waals surface area contributed by atoms with Gasteiger partial charge in [-0.3, -0.25) is 4.79 Å². The lowest BCUT2D eigenvalue weighted by atomic mass is 9.97. The summed E-state index contributed by atoms with van der Waals surface area (Å²) in [6.07, 6.45) is 2.21. The van der Waals surface area contributed by atoms with Gasteiger partial charge in [0.2, 0.25) is 5.91 Å². The Morgan fingerprint density at radius 3 is 3.07 bits per heavy atom. The molecule has 0 aliphatic carbocycles. The Morgan fingerprint density at radius 2 is 2.36 bits per heavy atom. The molecule has 0 spiro atoms. The van der Waals surface area contributed by atoms with Crippen LogP contribution in [0.4, 0.5) is 5.69 Å². The van der Waals surface area contributed by atoms with E-state index in [1.165, 1.54) is 5.56 Å². The van der Waals surface area contributed by atoms with Gasteiger partial charge in [-0.05, 0) is 37.5 Å². The summed E-state index contributed by atoms with van der Waals surface area (Å²) in [5.41, 5.74) is 8.12. The zero-order chi connectivity index (χ0) is 10.1. The topological polar surface area (TPSA) is 55.1 Å². The summed E-state index contributed by atoms with van der Waals surface area (Å²) in [7, 11) is 0. The first kappa shape index (κ1) is 9.06. The molecule has 3 nitrogen and oxygen atoms in total. The number of rotatable bonds is 1. The standard InChI is InChI=1S/C11H14N2O/c1-7-2-3-8-4-5-9(11(12)14)6-10(8)13-7/h4-7,13H,2-3H2,1H3,(H2,12,14)/t7-/m0/s1. The molecule has 1 heterocycles. The molecule has 0 saturated heterocycles. The number of amides is 1. The first-order chi connectivity index (χ1) is 6.66. The Balaban J connectivity index is 2.37. The molecule has 1 aliphatic rings. The van der Waals surface area contributed by atoms with Gasteiger partial charge < -0.3 is 11.1 Å². The number of aryl methyl sites for hydroxylation is 1. The van der Waals surface area contributed by atoms with Crippen LogP contribution in [-0.2, 0) is 6.42 Å². The minimum absolute atomic E-state index is 0.368. The molecule has 0 fully saturated rings. The summed E-state index contributed by atoms with van der Waals surface area (Å²) in [4.78, 5) is 11.0. The third-order valence-electron chi connectivity index (χ3n) is 2.64. The monoisotopic (exact) mass is 190 g/mol. The average molecular weight is 190 g/mol. The Morgan fingerprint density at radius 1 is 1.57 bits per heavy atom. The molecule has 0 radical (unpaired) electrons. The predicted molar refractivity (Wildman–Crippen MR) is 56.4 cm³/mol. The third-order valence-corrected chi connectivity index (χ3v) is 2.64. The lowest BCUT2D eigenvalue weighted by Gasteiger charge is -2.24. The Bertz CT molecular complexity index is 374. The summed E-state index contributed by atoms with van der Waals surface area (Å²) in [5.74, 6) is -0.368. The number of fused-ring (bicyclic) bond motifs is 1. The molecule has 1 amide bonds. The van der Waals surface area contributed by atoms with Crippen molar-refractivity contribution in [2.45, 2.75) is 25.8 Å². The van der Waals surface area contributed by atoms with Crippen LogP contribution in [0.3, 0.4) is 0 Å². The summed E-state index contributed by atoms with van der Waals surface area (Å²) in [5, 5.41) is 3.35. The maximum atomic E-state index is 11.0. The molecule has 1 aromatic carbocycles. The lowest BCUT2D eigenvalue weighted by molar-refractivity contribution is 0.100. The Labute approximate surface area is 83.3 Å². The zero-order valence-electron chi connectivity index (χ0n) is 8.21. The van der Waals surface area contributed by atoms with Gasteiger partial charge in [0.15, 0.2) is 0 Å². The van der Waals surface area contributed by atoms with E-state index in [4.69, 9.17) is 5.73 Å². The highest BCUT2D eigenvalue weighted by molar-refractivity contribution is 5.94. The van der Waals surface area contributed by atoms with E-state index < -0.39 is 0 Å². The largest absolute Gasteiger partial charge is 0.382 e. The van der Waals surface area contributed by atoms with Gasteiger partial charge >= 0.3 is 0 Å². The van der Waals surface area contributed by atoms with E-state index in [1.807, 2.05) is 12.1 Å².